The van der Waals surface area contributed by atoms with Crippen LogP contribution in [0, 0.1) is 0 Å². The fourth-order valence-corrected chi connectivity index (χ4v) is 6.52. The highest BCUT2D eigenvalue weighted by atomic mass is 19.4. The van der Waals surface area contributed by atoms with Gasteiger partial charge in [-0.3, -0.25) is 9.59 Å². The number of hydrogen-bond donors (Lipinski definition) is 3. The maximum absolute atomic E-state index is 13.7. The number of anilines is 1. The Balaban J connectivity index is 1.13. The second-order valence-electron chi connectivity index (χ2n) is 16.4. The Hall–Kier alpha value is -7.52. The average molecular weight is 1030 g/mol. The molecule has 0 amide bonds. The van der Waals surface area contributed by atoms with Crippen LogP contribution in [0.4, 0.5) is 49.6 Å². The molecule has 0 aliphatic heterocycles. The second-order valence-corrected chi connectivity index (χ2v) is 16.4. The summed E-state index contributed by atoms with van der Waals surface area (Å²) in [5, 5.41) is 22.7. The molecular weight excluding hydrogens is 989 g/mol. The number of nitrogens with two attached hydrogens (primary N) is 1. The third-order valence-electron chi connectivity index (χ3n) is 10.7. The minimum Gasteiger partial charge on any atom is -0.494 e. The molecule has 0 aliphatic rings. The Morgan fingerprint density at radius 2 is 0.918 bits per heavy atom. The summed E-state index contributed by atoms with van der Waals surface area (Å²) in [5.74, 6) is -12.6. The van der Waals surface area contributed by atoms with Crippen molar-refractivity contribution in [2.75, 3.05) is 18.9 Å². The molecule has 0 aliphatic carbocycles. The highest BCUT2D eigenvalue weighted by molar-refractivity contribution is 6.02. The van der Waals surface area contributed by atoms with Crippen molar-refractivity contribution in [3.05, 3.63) is 161 Å². The van der Waals surface area contributed by atoms with Crippen LogP contribution in [0.25, 0.3) is 12.2 Å². The summed E-state index contributed by atoms with van der Waals surface area (Å²) in [4.78, 5) is 52.3. The van der Waals surface area contributed by atoms with Gasteiger partial charge in [0.1, 0.15) is 34.7 Å². The van der Waals surface area contributed by atoms with E-state index in [-0.39, 0.29) is 40.5 Å². The van der Waals surface area contributed by atoms with Crippen molar-refractivity contribution in [1.29, 1.82) is 0 Å². The van der Waals surface area contributed by atoms with Crippen LogP contribution in [0.5, 0.6) is 23.0 Å². The number of aliphatic hydroxyl groups excluding tert-OH is 1. The minimum atomic E-state index is -5.66. The molecule has 5 aromatic rings. The van der Waals surface area contributed by atoms with Crippen LogP contribution < -0.4 is 24.7 Å². The molecule has 21 heteroatoms. The second kappa shape index (κ2) is 24.3. The van der Waals surface area contributed by atoms with Gasteiger partial charge in [-0.15, -0.1) is 0 Å². The molecule has 0 fully saturated rings. The van der Waals surface area contributed by atoms with Gasteiger partial charge in [-0.1, -0.05) is 48.6 Å². The lowest BCUT2D eigenvalue weighted by molar-refractivity contribution is -0.284. The van der Waals surface area contributed by atoms with E-state index in [9.17, 15) is 73.3 Å². The SMILES string of the molecule is Nc1ccc(CC(O)(CC(O)C(=O)/C=C/c2ccc(C(=O)Oc3ccc(OCCCC(F)(F)C(F)(F)F)cc3)cc2)C(=O)/C=C/c2ccc(C(=O)Oc3ccc(OCCCC(F)(F)C(F)(F)F)cc3)cc2)cc1. The summed E-state index contributed by atoms with van der Waals surface area (Å²) < 4.78 is 147. The number of rotatable bonds is 24. The number of nitrogen functional groups attached to an aromatic ring is 1. The minimum absolute atomic E-state index is 0.0614. The van der Waals surface area contributed by atoms with Gasteiger partial charge >= 0.3 is 36.1 Å². The van der Waals surface area contributed by atoms with Crippen LogP contribution in [-0.2, 0) is 16.0 Å². The van der Waals surface area contributed by atoms with Gasteiger partial charge in [0.2, 0.25) is 0 Å². The maximum atomic E-state index is 13.7. The molecule has 5 aromatic carbocycles. The van der Waals surface area contributed by atoms with E-state index in [0.717, 1.165) is 12.2 Å². The fraction of sp³-hybridized carbons (Fsp3) is 0.269. The molecule has 73 heavy (non-hydrogen) atoms. The van der Waals surface area contributed by atoms with Gasteiger partial charge in [-0.2, -0.15) is 43.9 Å². The van der Waals surface area contributed by atoms with Crippen molar-refractivity contribution < 1.29 is 92.2 Å². The molecule has 5 rings (SSSR count). The van der Waals surface area contributed by atoms with E-state index in [2.05, 4.69) is 0 Å². The molecule has 0 saturated heterocycles. The Labute approximate surface area is 410 Å². The van der Waals surface area contributed by atoms with E-state index in [0.29, 0.717) is 22.4 Å². The lowest BCUT2D eigenvalue weighted by Gasteiger charge is -2.27. The van der Waals surface area contributed by atoms with Gasteiger partial charge in [0, 0.05) is 31.4 Å². The number of ketones is 2. The van der Waals surface area contributed by atoms with Crippen LogP contribution in [0.2, 0.25) is 0 Å². The van der Waals surface area contributed by atoms with E-state index >= 15 is 0 Å². The molecule has 0 heterocycles. The first-order valence-electron chi connectivity index (χ1n) is 21.9. The van der Waals surface area contributed by atoms with Gasteiger partial charge in [0.15, 0.2) is 11.6 Å². The Kier molecular flexibility index (Phi) is 18.7. The number of carbonyl (C=O) groups excluding carboxylic acids is 4. The molecule has 0 bridgehead atoms. The van der Waals surface area contributed by atoms with Crippen molar-refractivity contribution in [1.82, 2.24) is 0 Å². The topological polar surface area (TPSA) is 172 Å². The monoisotopic (exact) mass is 1030 g/mol. The van der Waals surface area contributed by atoms with Crippen LogP contribution in [-0.4, -0.2) is 82.8 Å². The number of aliphatic hydroxyl groups is 2. The van der Waals surface area contributed by atoms with E-state index < -0.39 is 105 Å². The van der Waals surface area contributed by atoms with Crippen LogP contribution >= 0.6 is 0 Å². The molecule has 0 saturated carbocycles. The first kappa shape index (κ1) is 56.4. The maximum Gasteiger partial charge on any atom is 0.453 e. The van der Waals surface area contributed by atoms with E-state index in [1.165, 1.54) is 121 Å². The molecule has 2 atom stereocenters. The van der Waals surface area contributed by atoms with Crippen molar-refractivity contribution >= 4 is 41.3 Å². The third-order valence-corrected chi connectivity index (χ3v) is 10.7. The molecular formula is C52H45F10NO10. The van der Waals surface area contributed by atoms with Gasteiger partial charge in [0.25, 0.3) is 0 Å². The highest BCUT2D eigenvalue weighted by Gasteiger charge is 2.57. The number of benzene rings is 5. The molecule has 4 N–H and O–H groups in total. The normalized spacial score (nSPS) is 13.6. The van der Waals surface area contributed by atoms with Gasteiger partial charge in [-0.05, 0) is 127 Å². The average Bonchev–Trinajstić information content (AvgIpc) is 3.34. The lowest BCUT2D eigenvalue weighted by Crippen LogP contribution is -2.44. The molecule has 2 unspecified atom stereocenters. The largest absolute Gasteiger partial charge is 0.494 e. The summed E-state index contributed by atoms with van der Waals surface area (Å²) in [7, 11) is 0. The summed E-state index contributed by atoms with van der Waals surface area (Å²) in [6, 6.07) is 28.2. The summed E-state index contributed by atoms with van der Waals surface area (Å²) in [6.45, 7) is -0.836. The summed E-state index contributed by atoms with van der Waals surface area (Å²) in [6.07, 6.45) is -13.6. The van der Waals surface area contributed by atoms with Gasteiger partial charge in [-0.25, -0.2) is 9.59 Å². The number of esters is 2. The molecule has 0 spiro atoms. The Bertz CT molecular complexity index is 2710. The number of alkyl halides is 10. The highest BCUT2D eigenvalue weighted by Crippen LogP contribution is 2.40. The fourth-order valence-electron chi connectivity index (χ4n) is 6.52. The van der Waals surface area contributed by atoms with Gasteiger partial charge in [0.05, 0.1) is 24.3 Å². The van der Waals surface area contributed by atoms with Crippen molar-refractivity contribution in [2.45, 2.75) is 74.4 Å². The van der Waals surface area contributed by atoms with Crippen molar-refractivity contribution in [3.8, 4) is 23.0 Å². The third kappa shape index (κ3) is 16.8. The predicted molar refractivity (Wildman–Crippen MR) is 245 cm³/mol. The first-order valence-corrected chi connectivity index (χ1v) is 21.9. The summed E-state index contributed by atoms with van der Waals surface area (Å²) in [5.41, 5.74) is 5.29. The molecule has 388 valence electrons. The van der Waals surface area contributed by atoms with E-state index in [1.807, 2.05) is 0 Å². The van der Waals surface area contributed by atoms with Crippen LogP contribution in [0.1, 0.15) is 69.5 Å². The Morgan fingerprint density at radius 3 is 1.32 bits per heavy atom. The smallest absolute Gasteiger partial charge is 0.453 e. The number of ether oxygens (including phenoxy) is 4. The molecule has 11 nitrogen and oxygen atoms in total. The lowest BCUT2D eigenvalue weighted by atomic mass is 9.83. The van der Waals surface area contributed by atoms with Crippen LogP contribution in [0.15, 0.2) is 133 Å². The van der Waals surface area contributed by atoms with Crippen LogP contribution in [0.3, 0.4) is 0 Å². The standard InChI is InChI=1S/C52H45F10NO10/c53-49(54,51(57,58)59)27-1-29-70-39-17-21-41(22-18-39)72-46(67)36-11-3-33(4-12-36)9-25-43(64)44(65)32-48(69,31-35-7-15-38(63)16-8-35)45(66)26-10-34-5-13-37(14-6-34)47(68)73-42-23-19-40(20-24-42)71-30-2-28-50(55,56)52(60,61)62/h3-26,44,65,69H,1-2,27-32,63H2/b25-9+,26-10+. The summed E-state index contributed by atoms with van der Waals surface area (Å²) >= 11 is 0. The quantitative estimate of drug-likeness (QED) is 0.0134. The zero-order valence-electron chi connectivity index (χ0n) is 38.1. The number of carbonyl (C=O) groups is 4. The molecule has 0 aromatic heterocycles. The van der Waals surface area contributed by atoms with E-state index in [1.54, 1.807) is 12.1 Å². The van der Waals surface area contributed by atoms with E-state index in [4.69, 9.17) is 24.7 Å². The number of hydrogen-bond acceptors (Lipinski definition) is 11. The van der Waals surface area contributed by atoms with Crippen molar-refractivity contribution in [2.24, 2.45) is 0 Å². The molecule has 0 radical (unpaired) electrons. The van der Waals surface area contributed by atoms with Crippen molar-refractivity contribution in [3.63, 3.8) is 0 Å². The Morgan fingerprint density at radius 1 is 0.534 bits per heavy atom. The number of halogens is 10. The van der Waals surface area contributed by atoms with Gasteiger partial charge < -0.3 is 34.9 Å². The predicted octanol–water partition coefficient (Wildman–Crippen LogP) is 11.0. The zero-order chi connectivity index (χ0) is 53.6. The first-order chi connectivity index (χ1) is 34.2. The zero-order valence-corrected chi connectivity index (χ0v) is 38.1.